The molecule has 0 radical (unpaired) electrons. The number of halogens is 2. The first-order chi connectivity index (χ1) is 13.4. The Morgan fingerprint density at radius 1 is 1.36 bits per heavy atom. The minimum atomic E-state index is -3.05. The van der Waals surface area contributed by atoms with E-state index < -0.39 is 24.8 Å². The predicted molar refractivity (Wildman–Crippen MR) is 89.1 cm³/mol. The lowest BCUT2D eigenvalue weighted by molar-refractivity contribution is -0.145. The summed E-state index contributed by atoms with van der Waals surface area (Å²) in [6, 6.07) is 4.25. The number of oxime groups is 1. The topological polar surface area (TPSA) is 105 Å². The van der Waals surface area contributed by atoms with Gasteiger partial charge >= 0.3 is 12.6 Å². The summed E-state index contributed by atoms with van der Waals surface area (Å²) in [7, 11) is 0. The fraction of sp³-hybridized carbons (Fsp3) is 0.412. The third kappa shape index (κ3) is 4.35. The number of carbonyl (C=O) groups excluding carboxylic acids is 1. The SMILES string of the molecule is CCOC(=O)COc1cc(C2=NOC(C)(c3nnco3)C2)ccc1OC(F)F. The number of hydrogen-bond donors (Lipinski definition) is 0. The molecule has 3 rings (SSSR count). The highest BCUT2D eigenvalue weighted by Crippen LogP contribution is 2.37. The van der Waals surface area contributed by atoms with Gasteiger partial charge in [-0.1, -0.05) is 5.16 Å². The number of carbonyl (C=O) groups is 1. The normalized spacial score (nSPS) is 18.5. The van der Waals surface area contributed by atoms with Gasteiger partial charge in [-0.3, -0.25) is 0 Å². The Morgan fingerprint density at radius 2 is 2.18 bits per heavy atom. The number of rotatable bonds is 8. The molecule has 0 N–H and O–H groups in total. The molecular weight excluding hydrogens is 380 g/mol. The number of alkyl halides is 2. The number of ether oxygens (including phenoxy) is 3. The van der Waals surface area contributed by atoms with E-state index >= 15 is 0 Å². The first-order valence-electron chi connectivity index (χ1n) is 8.30. The minimum absolute atomic E-state index is 0.0556. The molecule has 9 nitrogen and oxygen atoms in total. The monoisotopic (exact) mass is 397 g/mol. The van der Waals surface area contributed by atoms with Crippen LogP contribution in [0.3, 0.4) is 0 Å². The first kappa shape index (κ1) is 19.5. The second kappa shape index (κ2) is 8.19. The van der Waals surface area contributed by atoms with Crippen LogP contribution in [0.5, 0.6) is 11.5 Å². The summed E-state index contributed by atoms with van der Waals surface area (Å²) in [5, 5.41) is 11.5. The van der Waals surface area contributed by atoms with Crippen molar-refractivity contribution in [1.29, 1.82) is 0 Å². The average molecular weight is 397 g/mol. The summed E-state index contributed by atoms with van der Waals surface area (Å²) in [5.74, 6) is -0.661. The van der Waals surface area contributed by atoms with Crippen molar-refractivity contribution in [3.05, 3.63) is 36.0 Å². The van der Waals surface area contributed by atoms with Gasteiger partial charge in [-0.25, -0.2) is 4.79 Å². The van der Waals surface area contributed by atoms with Crippen molar-refractivity contribution in [2.45, 2.75) is 32.5 Å². The second-order valence-electron chi connectivity index (χ2n) is 5.91. The molecule has 0 bridgehead atoms. The standard InChI is InChI=1S/C17H17F2N3O6/c1-3-24-14(23)8-25-13-6-10(4-5-12(13)27-16(18)19)11-7-17(2,28-22-11)15-21-20-9-26-15/h4-6,9,16H,3,7-8H2,1-2H3. The molecule has 150 valence electrons. The third-order valence-electron chi connectivity index (χ3n) is 3.82. The van der Waals surface area contributed by atoms with Crippen LogP contribution >= 0.6 is 0 Å². The van der Waals surface area contributed by atoms with Gasteiger partial charge in [-0.2, -0.15) is 8.78 Å². The van der Waals surface area contributed by atoms with E-state index in [1.807, 2.05) is 0 Å². The van der Waals surface area contributed by atoms with E-state index in [-0.39, 0.29) is 24.0 Å². The van der Waals surface area contributed by atoms with E-state index in [0.717, 1.165) is 0 Å². The van der Waals surface area contributed by atoms with Crippen molar-refractivity contribution < 1.29 is 37.0 Å². The predicted octanol–water partition coefficient (Wildman–Crippen LogP) is 2.65. The molecule has 2 aromatic rings. The number of nitrogens with zero attached hydrogens (tertiary/aromatic N) is 3. The Kier molecular flexibility index (Phi) is 5.71. The number of aromatic nitrogens is 2. The van der Waals surface area contributed by atoms with Gasteiger partial charge < -0.3 is 23.5 Å². The summed E-state index contributed by atoms with van der Waals surface area (Å²) < 4.78 is 45.0. The summed E-state index contributed by atoms with van der Waals surface area (Å²) in [6.45, 7) is 0.0278. The molecule has 28 heavy (non-hydrogen) atoms. The van der Waals surface area contributed by atoms with Gasteiger partial charge in [-0.15, -0.1) is 10.2 Å². The van der Waals surface area contributed by atoms with E-state index in [4.69, 9.17) is 18.7 Å². The fourth-order valence-electron chi connectivity index (χ4n) is 2.55. The van der Waals surface area contributed by atoms with Gasteiger partial charge in [0.15, 0.2) is 18.1 Å². The van der Waals surface area contributed by atoms with Gasteiger partial charge in [-0.05, 0) is 32.0 Å². The lowest BCUT2D eigenvalue weighted by Crippen LogP contribution is -2.22. The van der Waals surface area contributed by atoms with Crippen LogP contribution in [0.25, 0.3) is 0 Å². The lowest BCUT2D eigenvalue weighted by atomic mass is 9.95. The van der Waals surface area contributed by atoms with Crippen molar-refractivity contribution in [2.24, 2.45) is 5.16 Å². The van der Waals surface area contributed by atoms with Crippen LogP contribution in [0.2, 0.25) is 0 Å². The zero-order valence-electron chi connectivity index (χ0n) is 15.1. The largest absolute Gasteiger partial charge is 0.478 e. The molecule has 1 aliphatic heterocycles. The first-order valence-corrected chi connectivity index (χ1v) is 8.30. The van der Waals surface area contributed by atoms with Crippen LogP contribution in [0.1, 0.15) is 31.7 Å². The second-order valence-corrected chi connectivity index (χ2v) is 5.91. The molecule has 1 atom stereocenters. The van der Waals surface area contributed by atoms with E-state index in [1.165, 1.54) is 24.6 Å². The average Bonchev–Trinajstić information content (AvgIpc) is 3.31. The maximum atomic E-state index is 12.6. The van der Waals surface area contributed by atoms with Crippen LogP contribution in [-0.4, -0.2) is 41.7 Å². The van der Waals surface area contributed by atoms with Crippen LogP contribution in [0, 0.1) is 0 Å². The number of esters is 1. The van der Waals surface area contributed by atoms with Crippen molar-refractivity contribution in [3.63, 3.8) is 0 Å². The third-order valence-corrected chi connectivity index (χ3v) is 3.82. The smallest absolute Gasteiger partial charge is 0.387 e. The van der Waals surface area contributed by atoms with E-state index in [0.29, 0.717) is 17.7 Å². The van der Waals surface area contributed by atoms with Crippen LogP contribution < -0.4 is 9.47 Å². The van der Waals surface area contributed by atoms with E-state index in [1.54, 1.807) is 13.8 Å². The zero-order chi connectivity index (χ0) is 20.1. The fourth-order valence-corrected chi connectivity index (χ4v) is 2.55. The molecule has 0 aliphatic carbocycles. The molecule has 0 fully saturated rings. The Morgan fingerprint density at radius 3 is 2.86 bits per heavy atom. The summed E-state index contributed by atoms with van der Waals surface area (Å²) in [5.41, 5.74) is 0.0876. The lowest BCUT2D eigenvalue weighted by Gasteiger charge is -2.16. The van der Waals surface area contributed by atoms with Gasteiger partial charge in [0.1, 0.15) is 0 Å². The zero-order valence-corrected chi connectivity index (χ0v) is 15.1. The minimum Gasteiger partial charge on any atom is -0.478 e. The quantitative estimate of drug-likeness (QED) is 0.626. The van der Waals surface area contributed by atoms with Crippen molar-refractivity contribution in [1.82, 2.24) is 10.2 Å². The maximum absolute atomic E-state index is 12.6. The van der Waals surface area contributed by atoms with Crippen molar-refractivity contribution in [2.75, 3.05) is 13.2 Å². The Hall–Kier alpha value is -3.24. The maximum Gasteiger partial charge on any atom is 0.387 e. The van der Waals surface area contributed by atoms with Crippen LogP contribution in [-0.2, 0) is 20.0 Å². The summed E-state index contributed by atoms with van der Waals surface area (Å²) >= 11 is 0. The molecule has 1 aromatic carbocycles. The Bertz CT molecular complexity index is 859. The highest BCUT2D eigenvalue weighted by molar-refractivity contribution is 6.02. The highest BCUT2D eigenvalue weighted by Gasteiger charge is 2.41. The number of hydrogen-bond acceptors (Lipinski definition) is 9. The molecular formula is C17H17F2N3O6. The summed E-state index contributed by atoms with van der Waals surface area (Å²) in [6.07, 6.45) is 1.47. The van der Waals surface area contributed by atoms with Crippen molar-refractivity contribution in [3.8, 4) is 11.5 Å². The molecule has 0 saturated heterocycles. The van der Waals surface area contributed by atoms with E-state index in [9.17, 15) is 13.6 Å². The molecule has 2 heterocycles. The Balaban J connectivity index is 1.80. The molecule has 0 saturated carbocycles. The Labute approximate surface area is 158 Å². The number of benzene rings is 1. The van der Waals surface area contributed by atoms with Gasteiger partial charge in [0.2, 0.25) is 12.0 Å². The van der Waals surface area contributed by atoms with Gasteiger partial charge in [0.05, 0.1) is 12.3 Å². The van der Waals surface area contributed by atoms with Crippen LogP contribution in [0.15, 0.2) is 34.2 Å². The van der Waals surface area contributed by atoms with Crippen molar-refractivity contribution >= 4 is 11.7 Å². The summed E-state index contributed by atoms with van der Waals surface area (Å²) in [4.78, 5) is 16.9. The highest BCUT2D eigenvalue weighted by atomic mass is 19.3. The van der Waals surface area contributed by atoms with Crippen LogP contribution in [0.4, 0.5) is 8.78 Å². The van der Waals surface area contributed by atoms with E-state index in [2.05, 4.69) is 20.1 Å². The molecule has 11 heteroatoms. The molecule has 1 aromatic heterocycles. The molecule has 1 unspecified atom stereocenters. The van der Waals surface area contributed by atoms with Gasteiger partial charge in [0.25, 0.3) is 5.89 Å². The molecule has 0 amide bonds. The molecule has 1 aliphatic rings. The van der Waals surface area contributed by atoms with Gasteiger partial charge in [0, 0.05) is 12.0 Å². The molecule has 0 spiro atoms.